The van der Waals surface area contributed by atoms with Crippen LogP contribution in [0.5, 0.6) is 0 Å². The molecule has 0 saturated heterocycles. The molecule has 2 aliphatic rings. The van der Waals surface area contributed by atoms with Gasteiger partial charge in [0.15, 0.2) is 5.78 Å². The Bertz CT molecular complexity index is 175. The van der Waals surface area contributed by atoms with Crippen LogP contribution < -0.4 is 0 Å². The fraction of sp³-hybridized carbons (Fsp3) is 0.875. The summed E-state index contributed by atoms with van der Waals surface area (Å²) in [5.74, 6) is 1.62. The van der Waals surface area contributed by atoms with Crippen molar-refractivity contribution >= 4 is 37.6 Å². The molecule has 0 N–H and O–H groups in total. The Morgan fingerprint density at radius 3 is 2.00 bits per heavy atom. The molecule has 62 valence electrons. The lowest BCUT2D eigenvalue weighted by Crippen LogP contribution is -2.37. The van der Waals surface area contributed by atoms with Gasteiger partial charge in [-0.05, 0) is 31.1 Å². The zero-order chi connectivity index (χ0) is 8.01. The number of ketones is 1. The van der Waals surface area contributed by atoms with E-state index in [1.807, 2.05) is 0 Å². The number of hydrogen-bond donors (Lipinski definition) is 0. The Hall–Kier alpha value is 0.630. The molecule has 0 spiro atoms. The summed E-state index contributed by atoms with van der Waals surface area (Å²) in [4.78, 5) is 11.8. The number of hydrogen-bond acceptors (Lipinski definition) is 1. The molecule has 1 nitrogen and oxygen atoms in total. The summed E-state index contributed by atoms with van der Waals surface area (Å²) in [7, 11) is 0. The van der Waals surface area contributed by atoms with E-state index in [9.17, 15) is 4.79 Å². The van der Waals surface area contributed by atoms with Gasteiger partial charge in [-0.3, -0.25) is 4.79 Å². The van der Waals surface area contributed by atoms with E-state index in [4.69, 9.17) is 0 Å². The average Bonchev–Trinajstić information content (AvgIpc) is 2.44. The molecule has 0 aliphatic heterocycles. The summed E-state index contributed by atoms with van der Waals surface area (Å²) in [5.41, 5.74) is 0. The first-order chi connectivity index (χ1) is 5.20. The van der Waals surface area contributed by atoms with E-state index in [0.717, 1.165) is 0 Å². The maximum atomic E-state index is 11.5. The zero-order valence-electron chi connectivity index (χ0n) is 6.09. The first-order valence-electron chi connectivity index (χ1n) is 4.02. The fourth-order valence-corrected chi connectivity index (χ4v) is 4.09. The highest BCUT2D eigenvalue weighted by Crippen LogP contribution is 2.45. The highest BCUT2D eigenvalue weighted by atomic mass is 79.9. The molecule has 0 radical (unpaired) electrons. The third-order valence-electron chi connectivity index (χ3n) is 2.89. The van der Waals surface area contributed by atoms with Crippen LogP contribution >= 0.6 is 31.9 Å². The summed E-state index contributed by atoms with van der Waals surface area (Å²) in [5, 5.41) is 0. The van der Waals surface area contributed by atoms with Gasteiger partial charge in [0.05, 0.1) is 9.65 Å². The Labute approximate surface area is 83.2 Å². The molecule has 2 aliphatic carbocycles. The number of carbonyl (C=O) groups is 1. The van der Waals surface area contributed by atoms with Gasteiger partial charge in [-0.25, -0.2) is 0 Å². The smallest absolute Gasteiger partial charge is 0.160 e. The van der Waals surface area contributed by atoms with Gasteiger partial charge in [-0.15, -0.1) is 0 Å². The lowest BCUT2D eigenvalue weighted by molar-refractivity contribution is -0.120. The number of halogens is 2. The van der Waals surface area contributed by atoms with Gasteiger partial charge in [-0.1, -0.05) is 31.9 Å². The fourth-order valence-electron chi connectivity index (χ4n) is 2.20. The maximum absolute atomic E-state index is 11.5. The van der Waals surface area contributed by atoms with Crippen LogP contribution in [0, 0.1) is 11.8 Å². The third kappa shape index (κ3) is 1.21. The van der Waals surface area contributed by atoms with E-state index in [2.05, 4.69) is 31.9 Å². The van der Waals surface area contributed by atoms with Gasteiger partial charge in [0.25, 0.3) is 0 Å². The molecule has 0 aromatic carbocycles. The van der Waals surface area contributed by atoms with E-state index in [0.29, 0.717) is 17.6 Å². The Morgan fingerprint density at radius 1 is 1.09 bits per heavy atom. The third-order valence-corrected chi connectivity index (χ3v) is 5.28. The van der Waals surface area contributed by atoms with E-state index in [1.165, 1.54) is 19.3 Å². The first kappa shape index (κ1) is 8.24. The predicted molar refractivity (Wildman–Crippen MR) is 51.3 cm³/mol. The van der Waals surface area contributed by atoms with Gasteiger partial charge in [-0.2, -0.15) is 0 Å². The van der Waals surface area contributed by atoms with Crippen LogP contribution in [-0.2, 0) is 4.79 Å². The Kier molecular flexibility index (Phi) is 2.13. The maximum Gasteiger partial charge on any atom is 0.160 e. The second-order valence-electron chi connectivity index (χ2n) is 3.54. The second-order valence-corrected chi connectivity index (χ2v) is 5.51. The molecule has 0 aromatic rings. The molecule has 2 fully saturated rings. The van der Waals surface area contributed by atoms with E-state index in [-0.39, 0.29) is 9.65 Å². The molecular formula is C8H10Br2O. The number of carbonyl (C=O) groups excluding carboxylic acids is 1. The Morgan fingerprint density at radius 2 is 1.55 bits per heavy atom. The quantitative estimate of drug-likeness (QED) is 0.624. The van der Waals surface area contributed by atoms with Crippen molar-refractivity contribution in [2.45, 2.75) is 28.9 Å². The molecule has 3 heteroatoms. The van der Waals surface area contributed by atoms with Crippen molar-refractivity contribution in [1.29, 1.82) is 0 Å². The molecule has 0 unspecified atom stereocenters. The molecule has 4 atom stereocenters. The monoisotopic (exact) mass is 280 g/mol. The molecule has 0 amide bonds. The van der Waals surface area contributed by atoms with Gasteiger partial charge >= 0.3 is 0 Å². The van der Waals surface area contributed by atoms with Crippen LogP contribution in [0.15, 0.2) is 0 Å². The van der Waals surface area contributed by atoms with E-state index in [1.54, 1.807) is 0 Å². The van der Waals surface area contributed by atoms with Crippen LogP contribution in [0.4, 0.5) is 0 Å². The number of Topliss-reactive ketones (excluding diaryl/α,β-unsaturated/α-hetero) is 1. The number of fused-ring (bicyclic) bond motifs is 2. The largest absolute Gasteiger partial charge is 0.297 e. The van der Waals surface area contributed by atoms with Crippen molar-refractivity contribution in [3.63, 3.8) is 0 Å². The molecule has 11 heavy (non-hydrogen) atoms. The van der Waals surface area contributed by atoms with Crippen LogP contribution in [0.3, 0.4) is 0 Å². The van der Waals surface area contributed by atoms with E-state index >= 15 is 0 Å². The lowest BCUT2D eigenvalue weighted by Gasteiger charge is -2.27. The van der Waals surface area contributed by atoms with Gasteiger partial charge < -0.3 is 0 Å². The summed E-state index contributed by atoms with van der Waals surface area (Å²) in [6.07, 6.45) is 3.69. The van der Waals surface area contributed by atoms with Gasteiger partial charge in [0.1, 0.15) is 0 Å². The average molecular weight is 282 g/mol. The summed E-state index contributed by atoms with van der Waals surface area (Å²) >= 11 is 6.94. The SMILES string of the molecule is O=C1[C@@H](Br)[C@@H]2CC[C@@H](C2)[C@H]1Br. The molecule has 2 bridgehead atoms. The van der Waals surface area contributed by atoms with Crippen molar-refractivity contribution in [3.05, 3.63) is 0 Å². The minimum atomic E-state index is 0.130. The zero-order valence-corrected chi connectivity index (χ0v) is 9.27. The molecular weight excluding hydrogens is 272 g/mol. The number of alkyl halides is 2. The minimum absolute atomic E-state index is 0.130. The van der Waals surface area contributed by atoms with Crippen LogP contribution in [0.1, 0.15) is 19.3 Å². The molecule has 2 saturated carbocycles. The molecule has 2 rings (SSSR count). The second kappa shape index (κ2) is 2.84. The lowest BCUT2D eigenvalue weighted by atomic mass is 9.88. The van der Waals surface area contributed by atoms with Crippen LogP contribution in [0.2, 0.25) is 0 Å². The normalized spacial score (nSPS) is 49.8. The van der Waals surface area contributed by atoms with Crippen molar-refractivity contribution < 1.29 is 4.79 Å². The summed E-state index contributed by atoms with van der Waals surface area (Å²) in [6, 6.07) is 0. The minimum Gasteiger partial charge on any atom is -0.297 e. The van der Waals surface area contributed by atoms with Crippen LogP contribution in [0.25, 0.3) is 0 Å². The van der Waals surface area contributed by atoms with Gasteiger partial charge in [0, 0.05) is 0 Å². The van der Waals surface area contributed by atoms with Gasteiger partial charge in [0.2, 0.25) is 0 Å². The molecule has 0 aromatic heterocycles. The Balaban J connectivity index is 2.23. The summed E-state index contributed by atoms with van der Waals surface area (Å²) in [6.45, 7) is 0. The van der Waals surface area contributed by atoms with Crippen molar-refractivity contribution in [2.24, 2.45) is 11.8 Å². The summed E-state index contributed by atoms with van der Waals surface area (Å²) < 4.78 is 0. The topological polar surface area (TPSA) is 17.1 Å². The number of rotatable bonds is 0. The molecule has 0 heterocycles. The van der Waals surface area contributed by atoms with Crippen molar-refractivity contribution in [1.82, 2.24) is 0 Å². The van der Waals surface area contributed by atoms with Crippen LogP contribution in [-0.4, -0.2) is 15.4 Å². The first-order valence-corrected chi connectivity index (χ1v) is 5.85. The van der Waals surface area contributed by atoms with E-state index < -0.39 is 0 Å². The van der Waals surface area contributed by atoms with Crippen molar-refractivity contribution in [2.75, 3.05) is 0 Å². The standard InChI is InChI=1S/C8H10Br2O/c9-6-4-1-2-5(3-4)7(10)8(6)11/h4-7H,1-3H2/t4-,5+,6+,7-. The highest BCUT2D eigenvalue weighted by molar-refractivity contribution is 9.10. The highest BCUT2D eigenvalue weighted by Gasteiger charge is 2.45. The van der Waals surface area contributed by atoms with Crippen molar-refractivity contribution in [3.8, 4) is 0 Å². The predicted octanol–water partition coefficient (Wildman–Crippen LogP) is 2.51.